The van der Waals surface area contributed by atoms with Crippen molar-refractivity contribution in [1.82, 2.24) is 5.32 Å². The number of carbonyl (C=O) groups excluding carboxylic acids is 1. The number of rotatable bonds is 5. The Balaban J connectivity index is 1.85. The monoisotopic (exact) mass is 312 g/mol. The van der Waals surface area contributed by atoms with Gasteiger partial charge >= 0.3 is 0 Å². The van der Waals surface area contributed by atoms with Crippen molar-refractivity contribution < 1.29 is 13.6 Å². The third-order valence-electron chi connectivity index (χ3n) is 3.87. The van der Waals surface area contributed by atoms with Gasteiger partial charge in [0.25, 0.3) is 0 Å². The first-order valence-corrected chi connectivity index (χ1v) is 7.31. The van der Waals surface area contributed by atoms with Crippen molar-refractivity contribution in [2.24, 2.45) is 5.73 Å². The lowest BCUT2D eigenvalue weighted by Crippen LogP contribution is -2.33. The lowest BCUT2D eigenvalue weighted by molar-refractivity contribution is -0.120. The van der Waals surface area contributed by atoms with Crippen LogP contribution >= 0.6 is 0 Å². The van der Waals surface area contributed by atoms with Gasteiger partial charge in [-0.2, -0.15) is 0 Å². The Hall–Kier alpha value is -2.66. The first-order valence-electron chi connectivity index (χ1n) is 7.31. The minimum absolute atomic E-state index is 0.353. The number of para-hydroxylation sites is 1. The zero-order valence-corrected chi connectivity index (χ0v) is 12.7. The van der Waals surface area contributed by atoms with Crippen LogP contribution in [-0.2, 0) is 11.3 Å². The molecule has 0 bridgehead atoms. The molecule has 118 valence electrons. The molecule has 0 saturated carbocycles. The molecule has 0 aliphatic heterocycles. The number of halogens is 1. The smallest absolute Gasteiger partial charge is 0.239 e. The van der Waals surface area contributed by atoms with E-state index < -0.39 is 11.9 Å². The van der Waals surface area contributed by atoms with Crippen molar-refractivity contribution in [2.75, 3.05) is 0 Å². The van der Waals surface area contributed by atoms with E-state index in [-0.39, 0.29) is 5.82 Å². The quantitative estimate of drug-likeness (QED) is 0.760. The highest BCUT2D eigenvalue weighted by atomic mass is 19.1. The van der Waals surface area contributed by atoms with Crippen LogP contribution < -0.4 is 11.1 Å². The molecule has 1 amide bonds. The van der Waals surface area contributed by atoms with Gasteiger partial charge in [0.1, 0.15) is 23.2 Å². The van der Waals surface area contributed by atoms with E-state index in [0.717, 1.165) is 22.3 Å². The molecule has 2 aromatic carbocycles. The Bertz CT molecular complexity index is 840. The topological polar surface area (TPSA) is 68.3 Å². The van der Waals surface area contributed by atoms with Crippen LogP contribution in [0.15, 0.2) is 52.9 Å². The third-order valence-corrected chi connectivity index (χ3v) is 3.87. The lowest BCUT2D eigenvalue weighted by Gasteiger charge is -2.16. The molecule has 0 fully saturated rings. The van der Waals surface area contributed by atoms with Crippen molar-refractivity contribution in [2.45, 2.75) is 19.5 Å². The van der Waals surface area contributed by atoms with Gasteiger partial charge in [-0.05, 0) is 30.7 Å². The number of amides is 1. The minimum atomic E-state index is -0.691. The van der Waals surface area contributed by atoms with E-state index in [4.69, 9.17) is 10.2 Å². The SMILES string of the molecule is Cc1oc2ccccc2c1CN[C@@H](C(N)=O)c1ccc(F)cc1. The highest BCUT2D eigenvalue weighted by molar-refractivity contribution is 5.83. The highest BCUT2D eigenvalue weighted by Gasteiger charge is 2.19. The molecule has 5 heteroatoms. The average molecular weight is 312 g/mol. The number of nitrogens with two attached hydrogens (primary N) is 1. The Morgan fingerprint density at radius 1 is 1.22 bits per heavy atom. The Kier molecular flexibility index (Phi) is 4.12. The molecule has 4 nitrogen and oxygen atoms in total. The van der Waals surface area contributed by atoms with E-state index in [1.165, 1.54) is 12.1 Å². The zero-order chi connectivity index (χ0) is 16.4. The predicted molar refractivity (Wildman–Crippen MR) is 86.1 cm³/mol. The largest absolute Gasteiger partial charge is 0.461 e. The number of hydrogen-bond donors (Lipinski definition) is 2. The van der Waals surface area contributed by atoms with Gasteiger partial charge in [-0.1, -0.05) is 30.3 Å². The van der Waals surface area contributed by atoms with E-state index in [9.17, 15) is 9.18 Å². The van der Waals surface area contributed by atoms with E-state index in [1.807, 2.05) is 31.2 Å². The Morgan fingerprint density at radius 2 is 1.91 bits per heavy atom. The van der Waals surface area contributed by atoms with Crippen LogP contribution in [0.1, 0.15) is 22.9 Å². The van der Waals surface area contributed by atoms with Crippen LogP contribution in [0.3, 0.4) is 0 Å². The van der Waals surface area contributed by atoms with Crippen LogP contribution in [-0.4, -0.2) is 5.91 Å². The van der Waals surface area contributed by atoms with Crippen LogP contribution in [0.4, 0.5) is 4.39 Å². The van der Waals surface area contributed by atoms with Gasteiger partial charge in [-0.15, -0.1) is 0 Å². The van der Waals surface area contributed by atoms with Gasteiger partial charge in [-0.3, -0.25) is 10.1 Å². The Labute approximate surface area is 133 Å². The normalized spacial score (nSPS) is 12.4. The average Bonchev–Trinajstić information content (AvgIpc) is 2.85. The van der Waals surface area contributed by atoms with E-state index in [1.54, 1.807) is 12.1 Å². The molecule has 1 atom stereocenters. The number of fused-ring (bicyclic) bond motifs is 1. The second-order valence-electron chi connectivity index (χ2n) is 5.40. The molecule has 1 heterocycles. The van der Waals surface area contributed by atoms with Gasteiger partial charge < -0.3 is 10.2 Å². The number of hydrogen-bond acceptors (Lipinski definition) is 3. The Morgan fingerprint density at radius 3 is 2.61 bits per heavy atom. The molecule has 0 aliphatic carbocycles. The molecular formula is C18H17FN2O2. The summed E-state index contributed by atoms with van der Waals surface area (Å²) in [6, 6.07) is 12.8. The summed E-state index contributed by atoms with van der Waals surface area (Å²) in [6.45, 7) is 2.31. The number of nitrogens with one attached hydrogen (secondary N) is 1. The first-order chi connectivity index (χ1) is 11.1. The summed E-state index contributed by atoms with van der Waals surface area (Å²) in [5.74, 6) is -0.0725. The van der Waals surface area contributed by atoms with Crippen molar-refractivity contribution in [3.05, 3.63) is 71.2 Å². The number of furan rings is 1. The van der Waals surface area contributed by atoms with Crippen molar-refractivity contribution in [3.8, 4) is 0 Å². The fourth-order valence-corrected chi connectivity index (χ4v) is 2.68. The third kappa shape index (κ3) is 3.10. The molecule has 0 radical (unpaired) electrons. The molecule has 3 N–H and O–H groups in total. The fourth-order valence-electron chi connectivity index (χ4n) is 2.68. The molecule has 3 aromatic rings. The molecular weight excluding hydrogens is 295 g/mol. The standard InChI is InChI=1S/C18H17FN2O2/c1-11-15(14-4-2-3-5-16(14)23-11)10-21-17(18(20)22)12-6-8-13(19)9-7-12/h2-9,17,21H,10H2,1H3,(H2,20,22)/t17-/m1/s1. The molecule has 0 spiro atoms. The van der Waals surface area contributed by atoms with Crippen LogP contribution in [0.5, 0.6) is 0 Å². The van der Waals surface area contributed by atoms with Crippen molar-refractivity contribution in [3.63, 3.8) is 0 Å². The van der Waals surface area contributed by atoms with E-state index in [2.05, 4.69) is 5.32 Å². The lowest BCUT2D eigenvalue weighted by atomic mass is 10.1. The summed E-state index contributed by atoms with van der Waals surface area (Å²) in [6.07, 6.45) is 0. The maximum absolute atomic E-state index is 13.0. The molecule has 3 rings (SSSR count). The number of benzene rings is 2. The molecule has 1 aromatic heterocycles. The summed E-state index contributed by atoms with van der Waals surface area (Å²) in [4.78, 5) is 11.7. The van der Waals surface area contributed by atoms with Gasteiger partial charge in [0.05, 0.1) is 0 Å². The molecule has 0 unspecified atom stereocenters. The van der Waals surface area contributed by atoms with Crippen molar-refractivity contribution >= 4 is 16.9 Å². The summed E-state index contributed by atoms with van der Waals surface area (Å²) in [5.41, 5.74) is 7.89. The number of primary amides is 1. The number of aryl methyl sites for hydroxylation is 1. The second kappa shape index (κ2) is 6.22. The van der Waals surface area contributed by atoms with Crippen molar-refractivity contribution in [1.29, 1.82) is 0 Å². The summed E-state index contributed by atoms with van der Waals surface area (Å²) in [7, 11) is 0. The van der Waals surface area contributed by atoms with E-state index >= 15 is 0 Å². The fraction of sp³-hybridized carbons (Fsp3) is 0.167. The summed E-state index contributed by atoms with van der Waals surface area (Å²) >= 11 is 0. The predicted octanol–water partition coefficient (Wildman–Crippen LogP) is 3.20. The van der Waals surface area contributed by atoms with Gasteiger partial charge in [-0.25, -0.2) is 4.39 Å². The van der Waals surface area contributed by atoms with Gasteiger partial charge in [0, 0.05) is 17.5 Å². The summed E-state index contributed by atoms with van der Waals surface area (Å²) < 4.78 is 18.7. The van der Waals surface area contributed by atoms with Gasteiger partial charge in [0.15, 0.2) is 0 Å². The van der Waals surface area contributed by atoms with E-state index in [0.29, 0.717) is 12.1 Å². The van der Waals surface area contributed by atoms with Crippen LogP contribution in [0, 0.1) is 12.7 Å². The number of carbonyl (C=O) groups is 1. The summed E-state index contributed by atoms with van der Waals surface area (Å²) in [5, 5.41) is 4.13. The minimum Gasteiger partial charge on any atom is -0.461 e. The molecule has 23 heavy (non-hydrogen) atoms. The highest BCUT2D eigenvalue weighted by Crippen LogP contribution is 2.26. The zero-order valence-electron chi connectivity index (χ0n) is 12.7. The maximum atomic E-state index is 13.0. The molecule has 0 aliphatic rings. The van der Waals surface area contributed by atoms with Crippen LogP contribution in [0.25, 0.3) is 11.0 Å². The first kappa shape index (κ1) is 15.2. The second-order valence-corrected chi connectivity index (χ2v) is 5.40. The molecule has 0 saturated heterocycles. The van der Waals surface area contributed by atoms with Gasteiger partial charge in [0.2, 0.25) is 5.91 Å². The maximum Gasteiger partial charge on any atom is 0.239 e. The van der Waals surface area contributed by atoms with Crippen LogP contribution in [0.2, 0.25) is 0 Å².